The second-order valence-electron chi connectivity index (χ2n) is 5.77. The Kier molecular flexibility index (Phi) is 8.86. The van der Waals surface area contributed by atoms with E-state index in [0.717, 1.165) is 25.3 Å². The molecule has 0 saturated heterocycles. The van der Waals surface area contributed by atoms with Crippen LogP contribution < -0.4 is 5.43 Å². The first kappa shape index (κ1) is 19.6. The van der Waals surface area contributed by atoms with E-state index in [2.05, 4.69) is 9.80 Å². The van der Waals surface area contributed by atoms with E-state index < -0.39 is 0 Å². The molecule has 0 aliphatic rings. The number of rotatable bonds is 11. The molecule has 1 N–H and O–H groups in total. The zero-order valence-corrected chi connectivity index (χ0v) is 14.6. The fraction of sp³-hybridized carbons (Fsp3) is 0.688. The van der Waals surface area contributed by atoms with E-state index in [9.17, 15) is 9.90 Å². The van der Waals surface area contributed by atoms with E-state index in [-0.39, 0.29) is 11.2 Å². The number of methoxy groups -OCH3 is 2. The van der Waals surface area contributed by atoms with Crippen LogP contribution in [0.2, 0.25) is 0 Å². The van der Waals surface area contributed by atoms with Gasteiger partial charge >= 0.3 is 0 Å². The van der Waals surface area contributed by atoms with Gasteiger partial charge < -0.3 is 24.0 Å². The van der Waals surface area contributed by atoms with Crippen molar-refractivity contribution in [2.45, 2.75) is 13.1 Å². The van der Waals surface area contributed by atoms with E-state index in [1.807, 2.05) is 18.7 Å². The molecule has 0 radical (unpaired) electrons. The van der Waals surface area contributed by atoms with Gasteiger partial charge in [0, 0.05) is 58.7 Å². The Hall–Kier alpha value is -1.41. The lowest BCUT2D eigenvalue weighted by Crippen LogP contribution is -2.32. The summed E-state index contributed by atoms with van der Waals surface area (Å²) in [6, 6.07) is 1.51. The van der Waals surface area contributed by atoms with Crippen molar-refractivity contribution in [1.29, 1.82) is 0 Å². The molecule has 132 valence electrons. The van der Waals surface area contributed by atoms with Crippen molar-refractivity contribution < 1.29 is 14.6 Å². The summed E-state index contributed by atoms with van der Waals surface area (Å²) < 4.78 is 12.2. The van der Waals surface area contributed by atoms with Gasteiger partial charge in [0.1, 0.15) is 0 Å². The minimum Gasteiger partial charge on any atom is -0.503 e. The number of aromatic nitrogens is 1. The van der Waals surface area contributed by atoms with E-state index in [1.165, 1.54) is 12.3 Å². The van der Waals surface area contributed by atoms with Crippen LogP contribution in [0.4, 0.5) is 0 Å². The predicted molar refractivity (Wildman–Crippen MR) is 89.9 cm³/mol. The molecule has 0 bridgehead atoms. The molecule has 1 rings (SSSR count). The van der Waals surface area contributed by atoms with Crippen molar-refractivity contribution in [3.63, 3.8) is 0 Å². The summed E-state index contributed by atoms with van der Waals surface area (Å²) in [5.74, 6) is -0.215. The number of nitrogens with zero attached hydrogens (tertiary/aromatic N) is 3. The average Bonchev–Trinajstić information content (AvgIpc) is 2.51. The van der Waals surface area contributed by atoms with Crippen LogP contribution in [0.5, 0.6) is 5.75 Å². The first-order valence-electron chi connectivity index (χ1n) is 7.75. The fourth-order valence-electron chi connectivity index (χ4n) is 2.19. The summed E-state index contributed by atoms with van der Waals surface area (Å²) in [4.78, 5) is 16.0. The van der Waals surface area contributed by atoms with Crippen LogP contribution in [-0.2, 0) is 22.6 Å². The third-order valence-electron chi connectivity index (χ3n) is 3.59. The second kappa shape index (κ2) is 10.4. The monoisotopic (exact) mass is 327 g/mol. The van der Waals surface area contributed by atoms with Crippen molar-refractivity contribution in [3.05, 3.63) is 28.2 Å². The molecule has 0 spiro atoms. The van der Waals surface area contributed by atoms with Crippen molar-refractivity contribution in [3.8, 4) is 5.75 Å². The van der Waals surface area contributed by atoms with Crippen molar-refractivity contribution in [2.75, 3.05) is 61.2 Å². The van der Waals surface area contributed by atoms with E-state index in [1.54, 1.807) is 14.2 Å². The first-order valence-corrected chi connectivity index (χ1v) is 7.75. The van der Waals surface area contributed by atoms with Crippen LogP contribution in [0.25, 0.3) is 0 Å². The molecule has 0 fully saturated rings. The Balaban J connectivity index is 2.92. The summed E-state index contributed by atoms with van der Waals surface area (Å²) in [5, 5.41) is 9.71. The van der Waals surface area contributed by atoms with Gasteiger partial charge in [-0.2, -0.15) is 0 Å². The van der Waals surface area contributed by atoms with Crippen LogP contribution in [0.3, 0.4) is 0 Å². The van der Waals surface area contributed by atoms with Crippen molar-refractivity contribution >= 4 is 0 Å². The SMILES string of the molecule is COCCN(CCOC)Cc1cc(=O)c(O)cn1CCN(C)C. The fourth-order valence-corrected chi connectivity index (χ4v) is 2.19. The number of pyridine rings is 1. The molecule has 1 heterocycles. The second-order valence-corrected chi connectivity index (χ2v) is 5.77. The molecule has 0 aromatic carbocycles. The third kappa shape index (κ3) is 7.13. The van der Waals surface area contributed by atoms with Gasteiger partial charge in [-0.05, 0) is 14.1 Å². The van der Waals surface area contributed by atoms with Gasteiger partial charge in [-0.15, -0.1) is 0 Å². The summed E-state index contributed by atoms with van der Waals surface area (Å²) in [7, 11) is 7.32. The molecule has 1 aromatic heterocycles. The molecule has 7 nitrogen and oxygen atoms in total. The molecular weight excluding hydrogens is 298 g/mol. The molecule has 0 saturated carbocycles. The molecule has 1 aromatic rings. The number of likely N-dealkylation sites (N-methyl/N-ethyl adjacent to an activating group) is 1. The smallest absolute Gasteiger partial charge is 0.223 e. The molecule has 0 amide bonds. The topological polar surface area (TPSA) is 67.2 Å². The standard InChI is InChI=1S/C16H29N3O4/c1-17(2)5-6-19-13-16(21)15(20)11-14(19)12-18(7-9-22-3)8-10-23-4/h11,13,21H,5-10,12H2,1-4H3. The molecule has 0 aliphatic carbocycles. The van der Waals surface area contributed by atoms with Gasteiger partial charge in [-0.25, -0.2) is 0 Å². The van der Waals surface area contributed by atoms with E-state index in [4.69, 9.17) is 9.47 Å². The Morgan fingerprint density at radius 1 is 1.13 bits per heavy atom. The maximum atomic E-state index is 11.8. The summed E-state index contributed by atoms with van der Waals surface area (Å²) in [5.41, 5.74) is 0.529. The van der Waals surface area contributed by atoms with Gasteiger partial charge in [-0.1, -0.05) is 0 Å². The molecule has 23 heavy (non-hydrogen) atoms. The van der Waals surface area contributed by atoms with Gasteiger partial charge in [0.25, 0.3) is 0 Å². The summed E-state index contributed by atoms with van der Waals surface area (Å²) in [6.07, 6.45) is 1.52. The van der Waals surface area contributed by atoms with E-state index >= 15 is 0 Å². The highest BCUT2D eigenvalue weighted by atomic mass is 16.5. The molecule has 0 unspecified atom stereocenters. The maximum absolute atomic E-state index is 11.8. The number of aromatic hydroxyl groups is 1. The number of hydrogen-bond donors (Lipinski definition) is 1. The van der Waals surface area contributed by atoms with Crippen molar-refractivity contribution in [1.82, 2.24) is 14.4 Å². The highest BCUT2D eigenvalue weighted by molar-refractivity contribution is 5.20. The zero-order chi connectivity index (χ0) is 17.2. The maximum Gasteiger partial charge on any atom is 0.223 e. The summed E-state index contributed by atoms with van der Waals surface area (Å²) in [6.45, 7) is 4.87. The highest BCUT2D eigenvalue weighted by Crippen LogP contribution is 2.09. The minimum atomic E-state index is -0.348. The van der Waals surface area contributed by atoms with Crippen LogP contribution in [0.15, 0.2) is 17.1 Å². The normalized spacial score (nSPS) is 11.6. The van der Waals surface area contributed by atoms with Crippen LogP contribution in [0, 0.1) is 0 Å². The van der Waals surface area contributed by atoms with Gasteiger partial charge in [0.05, 0.1) is 19.4 Å². The number of hydrogen-bond acceptors (Lipinski definition) is 6. The lowest BCUT2D eigenvalue weighted by atomic mass is 10.2. The van der Waals surface area contributed by atoms with E-state index in [0.29, 0.717) is 26.3 Å². The Bertz CT molecular complexity index is 509. The minimum absolute atomic E-state index is 0.215. The largest absolute Gasteiger partial charge is 0.503 e. The molecule has 7 heteroatoms. The Morgan fingerprint density at radius 2 is 1.74 bits per heavy atom. The highest BCUT2D eigenvalue weighted by Gasteiger charge is 2.11. The van der Waals surface area contributed by atoms with Gasteiger partial charge in [0.15, 0.2) is 5.75 Å². The quantitative estimate of drug-likeness (QED) is 0.627. The molecular formula is C16H29N3O4. The lowest BCUT2D eigenvalue weighted by Gasteiger charge is -2.24. The van der Waals surface area contributed by atoms with Crippen molar-refractivity contribution in [2.24, 2.45) is 0 Å². The molecule has 0 atom stereocenters. The van der Waals surface area contributed by atoms with Gasteiger partial charge in [0.2, 0.25) is 5.43 Å². The van der Waals surface area contributed by atoms with Crippen LogP contribution in [0.1, 0.15) is 5.69 Å². The van der Waals surface area contributed by atoms with Crippen LogP contribution in [-0.4, -0.2) is 80.6 Å². The Morgan fingerprint density at radius 3 is 2.26 bits per heavy atom. The average molecular weight is 327 g/mol. The van der Waals surface area contributed by atoms with Gasteiger partial charge in [-0.3, -0.25) is 9.69 Å². The molecule has 0 aliphatic heterocycles. The van der Waals surface area contributed by atoms with Crippen LogP contribution >= 0.6 is 0 Å². The first-order chi connectivity index (χ1) is 11.0. The predicted octanol–water partition coefficient (Wildman–Crippen LogP) is 0.210. The summed E-state index contributed by atoms with van der Waals surface area (Å²) >= 11 is 0. The zero-order valence-electron chi connectivity index (χ0n) is 14.6. The Labute approximate surface area is 138 Å². The lowest BCUT2D eigenvalue weighted by molar-refractivity contribution is 0.108. The number of ether oxygens (including phenoxy) is 2. The third-order valence-corrected chi connectivity index (χ3v) is 3.59.